The number of aliphatic hydroxyl groups excluding tert-OH is 1. The highest BCUT2D eigenvalue weighted by Crippen LogP contribution is 2.30. The van der Waals surface area contributed by atoms with Crippen molar-refractivity contribution in [3.8, 4) is 0 Å². The van der Waals surface area contributed by atoms with Crippen LogP contribution in [-0.4, -0.2) is 63.0 Å². The first kappa shape index (κ1) is 15.9. The molecule has 25 heavy (non-hydrogen) atoms. The predicted molar refractivity (Wildman–Crippen MR) is 93.8 cm³/mol. The zero-order valence-corrected chi connectivity index (χ0v) is 13.9. The number of hydrogen-bond acceptors (Lipinski definition) is 3. The van der Waals surface area contributed by atoms with E-state index in [-0.39, 0.29) is 18.4 Å². The Balaban J connectivity index is 1.69. The lowest BCUT2D eigenvalue weighted by atomic mass is 9.98. The molecule has 2 saturated heterocycles. The summed E-state index contributed by atoms with van der Waals surface area (Å²) in [6.07, 6.45) is 3.68. The summed E-state index contributed by atoms with van der Waals surface area (Å²) >= 11 is 0. The number of amides is 2. The fraction of sp³-hybridized carbons (Fsp3) is 0.368. The molecular weight excluding hydrogens is 318 g/mol. The van der Waals surface area contributed by atoms with Crippen molar-refractivity contribution in [3.05, 3.63) is 48.7 Å². The maximum atomic E-state index is 13.0. The zero-order chi connectivity index (χ0) is 17.6. The molecule has 2 aliphatic rings. The minimum atomic E-state index is -0.629. The summed E-state index contributed by atoms with van der Waals surface area (Å²) in [7, 11) is 0. The molecule has 2 unspecified atom stereocenters. The van der Waals surface area contributed by atoms with E-state index in [0.717, 1.165) is 16.5 Å². The standard InChI is InChI=1S/C19H21N3O3/c1-2-7-21-16(8-12-10-20-15-6-4-3-5-14(12)15)19(25)22-11-13(23)9-17(22)18(21)24/h2-6,10,13,16-17,20,23H,1,7-9,11H2/t13-,16?,17?/m1/s1. The third kappa shape index (κ3) is 2.53. The van der Waals surface area contributed by atoms with Gasteiger partial charge in [0.25, 0.3) is 0 Å². The third-order valence-corrected chi connectivity index (χ3v) is 5.21. The Bertz CT molecular complexity index is 843. The minimum absolute atomic E-state index is 0.0896. The number of H-pyrrole nitrogens is 1. The number of nitrogens with zero attached hydrogens (tertiary/aromatic N) is 2. The number of aromatic nitrogens is 1. The Hall–Kier alpha value is -2.60. The predicted octanol–water partition coefficient (Wildman–Crippen LogP) is 1.07. The molecule has 2 N–H and O–H groups in total. The Morgan fingerprint density at radius 2 is 2.08 bits per heavy atom. The Morgan fingerprint density at radius 3 is 2.88 bits per heavy atom. The van der Waals surface area contributed by atoms with Crippen molar-refractivity contribution in [1.29, 1.82) is 0 Å². The SMILES string of the molecule is C=CCN1C(=O)C2C[C@@H](O)CN2C(=O)C1Cc1c[nH]c2ccccc12. The van der Waals surface area contributed by atoms with E-state index in [9.17, 15) is 14.7 Å². The number of aliphatic hydroxyl groups is 1. The summed E-state index contributed by atoms with van der Waals surface area (Å²) in [5.74, 6) is -0.186. The van der Waals surface area contributed by atoms with E-state index in [1.807, 2.05) is 30.5 Å². The zero-order valence-electron chi connectivity index (χ0n) is 13.9. The molecule has 0 spiro atoms. The summed E-state index contributed by atoms with van der Waals surface area (Å²) in [6, 6.07) is 6.81. The van der Waals surface area contributed by atoms with Gasteiger partial charge in [-0.15, -0.1) is 6.58 Å². The van der Waals surface area contributed by atoms with Crippen molar-refractivity contribution in [2.45, 2.75) is 31.0 Å². The molecule has 0 saturated carbocycles. The van der Waals surface area contributed by atoms with Gasteiger partial charge in [-0.3, -0.25) is 9.59 Å². The van der Waals surface area contributed by atoms with Gasteiger partial charge >= 0.3 is 0 Å². The van der Waals surface area contributed by atoms with Gasteiger partial charge in [0, 0.05) is 43.0 Å². The average Bonchev–Trinajstić information content (AvgIpc) is 3.20. The number of benzene rings is 1. The van der Waals surface area contributed by atoms with Crippen molar-refractivity contribution in [2.24, 2.45) is 0 Å². The smallest absolute Gasteiger partial charge is 0.246 e. The van der Waals surface area contributed by atoms with Gasteiger partial charge in [-0.1, -0.05) is 24.3 Å². The van der Waals surface area contributed by atoms with Crippen molar-refractivity contribution >= 4 is 22.7 Å². The second kappa shape index (κ2) is 6.04. The van der Waals surface area contributed by atoms with Crippen LogP contribution in [0, 0.1) is 0 Å². The quantitative estimate of drug-likeness (QED) is 0.818. The number of piperazine rings is 1. The minimum Gasteiger partial charge on any atom is -0.391 e. The molecule has 0 aliphatic carbocycles. The molecule has 4 rings (SSSR count). The number of aromatic amines is 1. The van der Waals surface area contributed by atoms with Gasteiger partial charge in [0.2, 0.25) is 11.8 Å². The molecule has 1 aromatic heterocycles. The van der Waals surface area contributed by atoms with Crippen molar-refractivity contribution in [3.63, 3.8) is 0 Å². The average molecular weight is 339 g/mol. The summed E-state index contributed by atoms with van der Waals surface area (Å²) in [4.78, 5) is 32.2. The first-order valence-corrected chi connectivity index (χ1v) is 8.55. The van der Waals surface area contributed by atoms with Gasteiger partial charge in [0.1, 0.15) is 12.1 Å². The van der Waals surface area contributed by atoms with E-state index < -0.39 is 18.2 Å². The van der Waals surface area contributed by atoms with E-state index in [2.05, 4.69) is 11.6 Å². The molecule has 6 nitrogen and oxygen atoms in total. The molecule has 6 heteroatoms. The molecular formula is C19H21N3O3. The highest BCUT2D eigenvalue weighted by atomic mass is 16.3. The van der Waals surface area contributed by atoms with E-state index in [1.165, 1.54) is 0 Å². The molecule has 3 atom stereocenters. The topological polar surface area (TPSA) is 76.6 Å². The Kier molecular flexibility index (Phi) is 3.84. The molecule has 3 heterocycles. The van der Waals surface area contributed by atoms with E-state index in [1.54, 1.807) is 15.9 Å². The van der Waals surface area contributed by atoms with Gasteiger partial charge in [-0.2, -0.15) is 0 Å². The number of carbonyl (C=O) groups is 2. The Labute approximate surface area is 145 Å². The van der Waals surface area contributed by atoms with Crippen LogP contribution < -0.4 is 0 Å². The number of hydrogen-bond donors (Lipinski definition) is 2. The normalized spacial score (nSPS) is 26.4. The van der Waals surface area contributed by atoms with Gasteiger partial charge in [-0.05, 0) is 11.6 Å². The first-order valence-electron chi connectivity index (χ1n) is 8.55. The van der Waals surface area contributed by atoms with Crippen LogP contribution >= 0.6 is 0 Å². The molecule has 2 aromatic rings. The van der Waals surface area contributed by atoms with Crippen LogP contribution in [0.4, 0.5) is 0 Å². The van der Waals surface area contributed by atoms with Crippen LogP contribution in [0.15, 0.2) is 43.1 Å². The van der Waals surface area contributed by atoms with E-state index >= 15 is 0 Å². The van der Waals surface area contributed by atoms with Crippen molar-refractivity contribution in [2.75, 3.05) is 13.1 Å². The fourth-order valence-corrected chi connectivity index (χ4v) is 4.02. The largest absolute Gasteiger partial charge is 0.391 e. The third-order valence-electron chi connectivity index (χ3n) is 5.21. The summed E-state index contributed by atoms with van der Waals surface area (Å²) in [6.45, 7) is 4.29. The second-order valence-corrected chi connectivity index (χ2v) is 6.75. The van der Waals surface area contributed by atoms with Crippen LogP contribution in [-0.2, 0) is 16.0 Å². The lowest BCUT2D eigenvalue weighted by Gasteiger charge is -2.41. The number of rotatable bonds is 4. The van der Waals surface area contributed by atoms with Gasteiger partial charge < -0.3 is 19.9 Å². The molecule has 0 bridgehead atoms. The lowest BCUT2D eigenvalue weighted by molar-refractivity contribution is -0.158. The van der Waals surface area contributed by atoms with Crippen LogP contribution in [0.1, 0.15) is 12.0 Å². The van der Waals surface area contributed by atoms with Crippen LogP contribution in [0.25, 0.3) is 10.9 Å². The van der Waals surface area contributed by atoms with Gasteiger partial charge in [0.15, 0.2) is 0 Å². The van der Waals surface area contributed by atoms with E-state index in [0.29, 0.717) is 19.4 Å². The molecule has 0 radical (unpaired) electrons. The van der Waals surface area contributed by atoms with Crippen LogP contribution in [0.2, 0.25) is 0 Å². The monoisotopic (exact) mass is 339 g/mol. The molecule has 2 amide bonds. The highest BCUT2D eigenvalue weighted by Gasteiger charge is 2.49. The molecule has 1 aromatic carbocycles. The van der Waals surface area contributed by atoms with Crippen molar-refractivity contribution in [1.82, 2.24) is 14.8 Å². The van der Waals surface area contributed by atoms with E-state index in [4.69, 9.17) is 0 Å². The first-order chi connectivity index (χ1) is 12.1. The van der Waals surface area contributed by atoms with Crippen LogP contribution in [0.5, 0.6) is 0 Å². The number of carbonyl (C=O) groups excluding carboxylic acids is 2. The fourth-order valence-electron chi connectivity index (χ4n) is 4.02. The van der Waals surface area contributed by atoms with Gasteiger partial charge in [-0.25, -0.2) is 0 Å². The maximum absolute atomic E-state index is 13.0. The number of nitrogens with one attached hydrogen (secondary N) is 1. The summed E-state index contributed by atoms with van der Waals surface area (Å²) in [5.41, 5.74) is 2.02. The van der Waals surface area contributed by atoms with Gasteiger partial charge in [0.05, 0.1) is 6.10 Å². The van der Waals surface area contributed by atoms with Crippen molar-refractivity contribution < 1.29 is 14.7 Å². The maximum Gasteiger partial charge on any atom is 0.246 e. The molecule has 2 fully saturated rings. The summed E-state index contributed by atoms with van der Waals surface area (Å²) in [5, 5.41) is 11.0. The highest BCUT2D eigenvalue weighted by molar-refractivity contribution is 5.98. The Morgan fingerprint density at radius 1 is 1.28 bits per heavy atom. The molecule has 2 aliphatic heterocycles. The van der Waals surface area contributed by atoms with Crippen LogP contribution in [0.3, 0.4) is 0 Å². The number of fused-ring (bicyclic) bond motifs is 2. The lowest BCUT2D eigenvalue weighted by Crippen LogP contribution is -2.63. The molecule has 130 valence electrons. The summed E-state index contributed by atoms with van der Waals surface area (Å²) < 4.78 is 0. The number of para-hydroxylation sites is 1. The second-order valence-electron chi connectivity index (χ2n) is 6.75.